The Balaban J connectivity index is 1.61. The van der Waals surface area contributed by atoms with Gasteiger partial charge in [0.25, 0.3) is 0 Å². The Hall–Kier alpha value is -1.51. The molecule has 4 saturated carbocycles. The van der Waals surface area contributed by atoms with Crippen molar-refractivity contribution in [2.24, 2.45) is 22.7 Å². The third-order valence-corrected chi connectivity index (χ3v) is 5.73. The largest absolute Gasteiger partial charge is 0.504 e. The molecule has 4 fully saturated rings. The number of ether oxygens (including phenoxy) is 1. The predicted octanol–water partition coefficient (Wildman–Crippen LogP) is 3.79. The maximum atomic E-state index is 10.2. The summed E-state index contributed by atoms with van der Waals surface area (Å²) in [6, 6.07) is 5.58. The molecule has 3 heteroatoms. The summed E-state index contributed by atoms with van der Waals surface area (Å²) < 4.78 is 5.17. The van der Waals surface area contributed by atoms with E-state index >= 15 is 0 Å². The van der Waals surface area contributed by atoms with Crippen LogP contribution in [0.4, 0.5) is 0 Å². The number of nitrogens with zero attached hydrogens (tertiary/aromatic N) is 1. The number of rotatable bonds is 3. The lowest BCUT2D eigenvalue weighted by molar-refractivity contribution is 0.00194. The fourth-order valence-corrected chi connectivity index (χ4v) is 5.24. The Morgan fingerprint density at radius 3 is 2.33 bits per heavy atom. The molecule has 4 aliphatic carbocycles. The summed E-state index contributed by atoms with van der Waals surface area (Å²) >= 11 is 0. The summed E-state index contributed by atoms with van der Waals surface area (Å²) in [5.41, 5.74) is 0.926. The van der Waals surface area contributed by atoms with Crippen LogP contribution in [0.15, 0.2) is 23.2 Å². The molecule has 4 aliphatic rings. The van der Waals surface area contributed by atoms with Crippen LogP contribution in [0.1, 0.15) is 44.1 Å². The quantitative estimate of drug-likeness (QED) is 0.859. The molecule has 21 heavy (non-hydrogen) atoms. The number of hydrogen-bond donors (Lipinski definition) is 1. The van der Waals surface area contributed by atoms with Crippen molar-refractivity contribution in [2.45, 2.75) is 44.1 Å². The first kappa shape index (κ1) is 13.2. The highest BCUT2D eigenvalue weighted by molar-refractivity contribution is 5.85. The maximum absolute atomic E-state index is 10.2. The lowest BCUT2D eigenvalue weighted by atomic mass is 9.53. The van der Waals surface area contributed by atoms with E-state index in [1.54, 1.807) is 13.2 Å². The fourth-order valence-electron chi connectivity index (χ4n) is 5.24. The average molecular weight is 285 g/mol. The van der Waals surface area contributed by atoms with Crippen LogP contribution >= 0.6 is 0 Å². The molecule has 0 spiro atoms. The standard InChI is InChI=1S/C18H23NO2/c1-21-16-4-2-3-15(17(16)20)11-19-18-8-12-5-13(9-18)7-14(6-12)10-18/h2-4,11-14,20H,5-10H2,1H3. The molecule has 0 heterocycles. The molecule has 0 atom stereocenters. The first-order valence-electron chi connectivity index (χ1n) is 8.09. The summed E-state index contributed by atoms with van der Waals surface area (Å²) in [6.07, 6.45) is 9.92. The second-order valence-corrected chi connectivity index (χ2v) is 7.30. The van der Waals surface area contributed by atoms with Gasteiger partial charge in [0.15, 0.2) is 11.5 Å². The predicted molar refractivity (Wildman–Crippen MR) is 83.2 cm³/mol. The number of aromatic hydroxyl groups is 1. The zero-order valence-corrected chi connectivity index (χ0v) is 12.6. The molecule has 1 N–H and O–H groups in total. The third-order valence-electron chi connectivity index (χ3n) is 5.73. The van der Waals surface area contributed by atoms with Gasteiger partial charge in [0.1, 0.15) is 0 Å². The normalized spacial score (nSPS) is 37.3. The number of methoxy groups -OCH3 is 1. The van der Waals surface area contributed by atoms with Crippen LogP contribution in [0, 0.1) is 17.8 Å². The van der Waals surface area contributed by atoms with Crippen LogP contribution in [0.25, 0.3) is 0 Å². The third kappa shape index (κ3) is 2.23. The number of phenols is 1. The molecule has 5 rings (SSSR count). The fraction of sp³-hybridized carbons (Fsp3) is 0.611. The van der Waals surface area contributed by atoms with Crippen molar-refractivity contribution in [1.82, 2.24) is 0 Å². The van der Waals surface area contributed by atoms with E-state index in [0.29, 0.717) is 5.75 Å². The average Bonchev–Trinajstić information content (AvgIpc) is 2.45. The SMILES string of the molecule is COc1cccc(C=NC23CC4CC(CC(C4)C2)C3)c1O. The first-order valence-corrected chi connectivity index (χ1v) is 8.09. The van der Waals surface area contributed by atoms with Crippen molar-refractivity contribution >= 4 is 6.21 Å². The molecule has 0 radical (unpaired) electrons. The van der Waals surface area contributed by atoms with Gasteiger partial charge in [-0.05, 0) is 68.4 Å². The van der Waals surface area contributed by atoms with Crippen LogP contribution < -0.4 is 4.74 Å². The Bertz CT molecular complexity index is 543. The van der Waals surface area contributed by atoms with Crippen molar-refractivity contribution in [1.29, 1.82) is 0 Å². The van der Waals surface area contributed by atoms with Gasteiger partial charge >= 0.3 is 0 Å². The van der Waals surface area contributed by atoms with Gasteiger partial charge in [0, 0.05) is 11.8 Å². The van der Waals surface area contributed by atoms with Crippen molar-refractivity contribution in [3.8, 4) is 11.5 Å². The zero-order valence-electron chi connectivity index (χ0n) is 12.6. The summed E-state index contributed by atoms with van der Waals surface area (Å²) in [5, 5.41) is 10.2. The molecule has 0 unspecified atom stereocenters. The Kier molecular flexibility index (Phi) is 2.98. The minimum absolute atomic E-state index is 0.157. The minimum atomic E-state index is 0.157. The lowest BCUT2D eigenvalue weighted by Crippen LogP contribution is -2.49. The molecule has 3 nitrogen and oxygen atoms in total. The number of para-hydroxylation sites is 1. The van der Waals surface area contributed by atoms with Crippen molar-refractivity contribution in [3.63, 3.8) is 0 Å². The van der Waals surface area contributed by atoms with Crippen LogP contribution in [0.3, 0.4) is 0 Å². The highest BCUT2D eigenvalue weighted by Gasteiger charge is 2.50. The monoisotopic (exact) mass is 285 g/mol. The second kappa shape index (κ2) is 4.75. The van der Waals surface area contributed by atoms with E-state index in [1.165, 1.54) is 38.5 Å². The number of benzene rings is 1. The van der Waals surface area contributed by atoms with E-state index < -0.39 is 0 Å². The topological polar surface area (TPSA) is 41.8 Å². The molecular weight excluding hydrogens is 262 g/mol. The van der Waals surface area contributed by atoms with Crippen LogP contribution in [-0.2, 0) is 0 Å². The van der Waals surface area contributed by atoms with E-state index in [2.05, 4.69) is 0 Å². The van der Waals surface area contributed by atoms with E-state index in [0.717, 1.165) is 23.3 Å². The van der Waals surface area contributed by atoms with Crippen LogP contribution in [0.5, 0.6) is 11.5 Å². The zero-order chi connectivity index (χ0) is 14.4. The summed E-state index contributed by atoms with van der Waals surface area (Å²) in [6.45, 7) is 0. The molecular formula is C18H23NO2. The van der Waals surface area contributed by atoms with Gasteiger partial charge < -0.3 is 9.84 Å². The number of aliphatic imine (C=N–C) groups is 1. The Labute approximate surface area is 126 Å². The van der Waals surface area contributed by atoms with Gasteiger partial charge in [0.05, 0.1) is 12.6 Å². The van der Waals surface area contributed by atoms with E-state index in [1.807, 2.05) is 18.3 Å². The number of phenolic OH excluding ortho intramolecular Hbond substituents is 1. The molecule has 112 valence electrons. The maximum Gasteiger partial charge on any atom is 0.166 e. The highest BCUT2D eigenvalue weighted by atomic mass is 16.5. The van der Waals surface area contributed by atoms with Gasteiger partial charge in [-0.15, -0.1) is 0 Å². The van der Waals surface area contributed by atoms with Crippen LogP contribution in [-0.4, -0.2) is 24.0 Å². The van der Waals surface area contributed by atoms with E-state index in [4.69, 9.17) is 9.73 Å². The summed E-state index contributed by atoms with van der Waals surface area (Å²) in [5.74, 6) is 3.41. The Morgan fingerprint density at radius 1 is 1.14 bits per heavy atom. The lowest BCUT2D eigenvalue weighted by Gasteiger charge is -2.54. The van der Waals surface area contributed by atoms with Crippen molar-refractivity contribution in [2.75, 3.05) is 7.11 Å². The second-order valence-electron chi connectivity index (χ2n) is 7.30. The minimum Gasteiger partial charge on any atom is -0.504 e. The molecule has 0 aromatic heterocycles. The summed E-state index contributed by atoms with van der Waals surface area (Å²) in [7, 11) is 1.58. The van der Waals surface area contributed by atoms with Gasteiger partial charge in [-0.3, -0.25) is 4.99 Å². The smallest absolute Gasteiger partial charge is 0.166 e. The molecule has 4 bridgehead atoms. The van der Waals surface area contributed by atoms with E-state index in [-0.39, 0.29) is 11.3 Å². The summed E-state index contributed by atoms with van der Waals surface area (Å²) in [4.78, 5) is 4.98. The number of hydrogen-bond acceptors (Lipinski definition) is 3. The van der Waals surface area contributed by atoms with Gasteiger partial charge in [-0.25, -0.2) is 0 Å². The molecule has 0 aliphatic heterocycles. The molecule has 0 saturated heterocycles. The van der Waals surface area contributed by atoms with Gasteiger partial charge in [-0.1, -0.05) is 6.07 Å². The highest BCUT2D eigenvalue weighted by Crippen LogP contribution is 2.57. The Morgan fingerprint density at radius 2 is 1.76 bits per heavy atom. The molecule has 1 aromatic rings. The molecule has 1 aromatic carbocycles. The van der Waals surface area contributed by atoms with Crippen molar-refractivity contribution in [3.05, 3.63) is 23.8 Å². The van der Waals surface area contributed by atoms with Gasteiger partial charge in [0.2, 0.25) is 0 Å². The first-order chi connectivity index (χ1) is 10.2. The van der Waals surface area contributed by atoms with Crippen molar-refractivity contribution < 1.29 is 9.84 Å². The molecule has 0 amide bonds. The van der Waals surface area contributed by atoms with Crippen LogP contribution in [0.2, 0.25) is 0 Å². The van der Waals surface area contributed by atoms with E-state index in [9.17, 15) is 5.11 Å². The van der Waals surface area contributed by atoms with Gasteiger partial charge in [-0.2, -0.15) is 0 Å².